The summed E-state index contributed by atoms with van der Waals surface area (Å²) < 4.78 is 0. The van der Waals surface area contributed by atoms with Gasteiger partial charge in [0.05, 0.1) is 0 Å². The minimum atomic E-state index is 0.756. The van der Waals surface area contributed by atoms with E-state index in [0.717, 1.165) is 12.1 Å². The third kappa shape index (κ3) is 4.52. The van der Waals surface area contributed by atoms with Gasteiger partial charge >= 0.3 is 0 Å². The van der Waals surface area contributed by atoms with E-state index in [1.165, 1.54) is 51.7 Å². The van der Waals surface area contributed by atoms with E-state index in [0.29, 0.717) is 0 Å². The van der Waals surface area contributed by atoms with Crippen LogP contribution in [0.2, 0.25) is 0 Å². The van der Waals surface area contributed by atoms with E-state index >= 15 is 0 Å². The lowest BCUT2D eigenvalue weighted by Gasteiger charge is -2.27. The zero-order valence-electron chi connectivity index (χ0n) is 10.8. The lowest BCUT2D eigenvalue weighted by Crippen LogP contribution is -2.34. The normalized spacial score (nSPS) is 23.6. The average molecular weight is 212 g/mol. The first-order valence-corrected chi connectivity index (χ1v) is 6.75. The summed E-state index contributed by atoms with van der Waals surface area (Å²) >= 11 is 0. The third-order valence-corrected chi connectivity index (χ3v) is 3.78. The van der Waals surface area contributed by atoms with Gasteiger partial charge in [-0.2, -0.15) is 0 Å². The Kier molecular flexibility index (Phi) is 6.26. The van der Waals surface area contributed by atoms with Crippen molar-refractivity contribution in [3.05, 3.63) is 0 Å². The predicted octanol–water partition coefficient (Wildman–Crippen LogP) is 2.64. The summed E-state index contributed by atoms with van der Waals surface area (Å²) in [5, 5.41) is 3.57. The Balaban J connectivity index is 2.10. The highest BCUT2D eigenvalue weighted by Crippen LogP contribution is 2.12. The molecule has 1 aliphatic heterocycles. The molecule has 0 saturated carbocycles. The van der Waals surface area contributed by atoms with Gasteiger partial charge in [0.1, 0.15) is 0 Å². The van der Waals surface area contributed by atoms with Gasteiger partial charge in [0.15, 0.2) is 0 Å². The van der Waals surface area contributed by atoms with Gasteiger partial charge < -0.3 is 10.2 Å². The van der Waals surface area contributed by atoms with Crippen LogP contribution >= 0.6 is 0 Å². The maximum atomic E-state index is 3.57. The fourth-order valence-corrected chi connectivity index (χ4v) is 2.49. The van der Waals surface area contributed by atoms with E-state index in [-0.39, 0.29) is 0 Å². The molecule has 1 N–H and O–H groups in total. The molecule has 1 aliphatic rings. The second-order valence-corrected chi connectivity index (χ2v) is 4.82. The molecular weight excluding hydrogens is 184 g/mol. The van der Waals surface area contributed by atoms with Crippen LogP contribution in [0.4, 0.5) is 0 Å². The molecule has 0 spiro atoms. The molecule has 1 fully saturated rings. The Morgan fingerprint density at radius 2 is 2.20 bits per heavy atom. The van der Waals surface area contributed by atoms with Crippen LogP contribution in [-0.2, 0) is 0 Å². The van der Waals surface area contributed by atoms with Crippen LogP contribution in [0.15, 0.2) is 0 Å². The Morgan fingerprint density at radius 3 is 2.73 bits per heavy atom. The molecule has 0 bridgehead atoms. The maximum Gasteiger partial charge on any atom is 0.00680 e. The fourth-order valence-electron chi connectivity index (χ4n) is 2.49. The van der Waals surface area contributed by atoms with Crippen LogP contribution in [0, 0.1) is 0 Å². The number of nitrogens with one attached hydrogen (secondary N) is 1. The summed E-state index contributed by atoms with van der Waals surface area (Å²) in [6.45, 7) is 10.6. The average Bonchev–Trinajstić information content (AvgIpc) is 2.76. The Labute approximate surface area is 95.4 Å². The van der Waals surface area contributed by atoms with Crippen LogP contribution in [0.1, 0.15) is 52.9 Å². The molecule has 0 aromatic heterocycles. The number of rotatable bonds is 7. The Hall–Kier alpha value is -0.0800. The van der Waals surface area contributed by atoms with Crippen LogP contribution in [0.5, 0.6) is 0 Å². The van der Waals surface area contributed by atoms with Gasteiger partial charge in [-0.3, -0.25) is 0 Å². The van der Waals surface area contributed by atoms with E-state index in [4.69, 9.17) is 0 Å². The van der Waals surface area contributed by atoms with Crippen LogP contribution in [0.25, 0.3) is 0 Å². The Morgan fingerprint density at radius 1 is 1.40 bits per heavy atom. The summed E-state index contributed by atoms with van der Waals surface area (Å²) in [4.78, 5) is 2.61. The van der Waals surface area contributed by atoms with E-state index in [1.807, 2.05) is 0 Å². The molecule has 0 aliphatic carbocycles. The summed E-state index contributed by atoms with van der Waals surface area (Å²) in [6, 6.07) is 1.58. The van der Waals surface area contributed by atoms with E-state index < -0.39 is 0 Å². The maximum absolute atomic E-state index is 3.57. The molecule has 0 amide bonds. The largest absolute Gasteiger partial charge is 0.314 e. The van der Waals surface area contributed by atoms with Crippen molar-refractivity contribution in [2.45, 2.75) is 65.0 Å². The summed E-state index contributed by atoms with van der Waals surface area (Å²) in [5.74, 6) is 0. The minimum absolute atomic E-state index is 0.756. The minimum Gasteiger partial charge on any atom is -0.314 e. The molecule has 2 atom stereocenters. The standard InChI is InChI=1S/C13H28N2/c1-4-12(3)15(5-2)11-7-9-13-8-6-10-14-13/h12-14H,4-11H2,1-3H3. The molecule has 1 heterocycles. The predicted molar refractivity (Wildman–Crippen MR) is 67.3 cm³/mol. The molecule has 0 radical (unpaired) electrons. The second-order valence-electron chi connectivity index (χ2n) is 4.82. The highest BCUT2D eigenvalue weighted by molar-refractivity contribution is 4.75. The first-order chi connectivity index (χ1) is 7.27. The van der Waals surface area contributed by atoms with Crippen LogP contribution < -0.4 is 5.32 Å². The topological polar surface area (TPSA) is 15.3 Å². The van der Waals surface area contributed by atoms with Crippen LogP contribution in [-0.4, -0.2) is 36.6 Å². The van der Waals surface area contributed by atoms with Crippen molar-refractivity contribution in [2.75, 3.05) is 19.6 Å². The smallest absolute Gasteiger partial charge is 0.00680 e. The highest BCUT2D eigenvalue weighted by atomic mass is 15.1. The summed E-state index contributed by atoms with van der Waals surface area (Å²) in [6.07, 6.45) is 6.78. The number of nitrogens with zero attached hydrogens (tertiary/aromatic N) is 1. The number of hydrogen-bond donors (Lipinski definition) is 1. The highest BCUT2D eigenvalue weighted by Gasteiger charge is 2.14. The zero-order valence-corrected chi connectivity index (χ0v) is 10.8. The molecule has 0 aromatic rings. The summed E-state index contributed by atoms with van der Waals surface area (Å²) in [5.41, 5.74) is 0. The third-order valence-electron chi connectivity index (χ3n) is 3.78. The monoisotopic (exact) mass is 212 g/mol. The van der Waals surface area contributed by atoms with Crippen molar-refractivity contribution in [1.29, 1.82) is 0 Å². The van der Waals surface area contributed by atoms with E-state index in [9.17, 15) is 0 Å². The molecule has 2 heteroatoms. The van der Waals surface area contributed by atoms with Gasteiger partial charge in [-0.05, 0) is 58.7 Å². The van der Waals surface area contributed by atoms with Gasteiger partial charge in [-0.25, -0.2) is 0 Å². The lowest BCUT2D eigenvalue weighted by molar-refractivity contribution is 0.208. The van der Waals surface area contributed by atoms with Crippen LogP contribution in [0.3, 0.4) is 0 Å². The molecule has 90 valence electrons. The molecule has 2 unspecified atom stereocenters. The summed E-state index contributed by atoms with van der Waals surface area (Å²) in [7, 11) is 0. The van der Waals surface area contributed by atoms with Crippen molar-refractivity contribution < 1.29 is 0 Å². The molecule has 15 heavy (non-hydrogen) atoms. The van der Waals surface area contributed by atoms with E-state index in [1.54, 1.807) is 0 Å². The first kappa shape index (κ1) is 13.0. The number of hydrogen-bond acceptors (Lipinski definition) is 2. The second kappa shape index (κ2) is 7.24. The molecule has 0 aromatic carbocycles. The molecule has 2 nitrogen and oxygen atoms in total. The first-order valence-electron chi connectivity index (χ1n) is 6.75. The van der Waals surface area contributed by atoms with E-state index in [2.05, 4.69) is 31.0 Å². The van der Waals surface area contributed by atoms with Crippen molar-refractivity contribution in [1.82, 2.24) is 10.2 Å². The van der Waals surface area contributed by atoms with Gasteiger partial charge in [-0.1, -0.05) is 13.8 Å². The molecular formula is C13H28N2. The SMILES string of the molecule is CCC(C)N(CC)CCCC1CCCN1. The van der Waals surface area contributed by atoms with Crippen molar-refractivity contribution >= 4 is 0 Å². The van der Waals surface area contributed by atoms with Gasteiger partial charge in [0, 0.05) is 12.1 Å². The fraction of sp³-hybridized carbons (Fsp3) is 1.00. The van der Waals surface area contributed by atoms with Gasteiger partial charge in [0.25, 0.3) is 0 Å². The molecule has 1 rings (SSSR count). The molecule has 1 saturated heterocycles. The lowest BCUT2D eigenvalue weighted by atomic mass is 10.1. The Bertz CT molecular complexity index is 153. The quantitative estimate of drug-likeness (QED) is 0.698. The van der Waals surface area contributed by atoms with Gasteiger partial charge in [-0.15, -0.1) is 0 Å². The van der Waals surface area contributed by atoms with Crippen molar-refractivity contribution in [3.8, 4) is 0 Å². The van der Waals surface area contributed by atoms with Gasteiger partial charge in [0.2, 0.25) is 0 Å². The van der Waals surface area contributed by atoms with Crippen molar-refractivity contribution in [2.24, 2.45) is 0 Å². The zero-order chi connectivity index (χ0) is 11.1. The van der Waals surface area contributed by atoms with Crippen molar-refractivity contribution in [3.63, 3.8) is 0 Å².